The highest BCUT2D eigenvalue weighted by atomic mass is 32.2. The number of nitrogens with one attached hydrogen (secondary N) is 1. The first-order chi connectivity index (χ1) is 8.36. The standard InChI is InChI=1S/C10H13FN2O4S/c1-2-17-10(14)6-13-18(15,16)9-4-3-7(11)5-8(9)12/h3-5,13H,2,6,12H2,1H3. The molecule has 0 heterocycles. The van der Waals surface area contributed by atoms with Crippen molar-refractivity contribution in [3.8, 4) is 0 Å². The summed E-state index contributed by atoms with van der Waals surface area (Å²) in [6, 6.07) is 2.88. The summed E-state index contributed by atoms with van der Waals surface area (Å²) in [5.41, 5.74) is 5.17. The van der Waals surface area contributed by atoms with Gasteiger partial charge in [-0.05, 0) is 25.1 Å². The minimum absolute atomic E-state index is 0.152. The van der Waals surface area contributed by atoms with E-state index in [-0.39, 0.29) is 17.2 Å². The molecule has 0 aliphatic carbocycles. The first-order valence-electron chi connectivity index (χ1n) is 5.07. The van der Waals surface area contributed by atoms with E-state index in [1.54, 1.807) is 6.92 Å². The Morgan fingerprint density at radius 3 is 2.72 bits per heavy atom. The van der Waals surface area contributed by atoms with Crippen molar-refractivity contribution in [1.82, 2.24) is 4.72 Å². The highest BCUT2D eigenvalue weighted by Crippen LogP contribution is 2.18. The van der Waals surface area contributed by atoms with Gasteiger partial charge in [0.2, 0.25) is 10.0 Å². The van der Waals surface area contributed by atoms with Crippen molar-refractivity contribution in [2.75, 3.05) is 18.9 Å². The van der Waals surface area contributed by atoms with Crippen LogP contribution in [0, 0.1) is 5.82 Å². The largest absolute Gasteiger partial charge is 0.465 e. The van der Waals surface area contributed by atoms with Crippen LogP contribution in [0.4, 0.5) is 10.1 Å². The van der Waals surface area contributed by atoms with Gasteiger partial charge in [0.1, 0.15) is 17.3 Å². The third-order valence-electron chi connectivity index (χ3n) is 1.97. The van der Waals surface area contributed by atoms with Crippen molar-refractivity contribution in [2.24, 2.45) is 0 Å². The zero-order valence-corrected chi connectivity index (χ0v) is 10.5. The highest BCUT2D eigenvalue weighted by Gasteiger charge is 2.19. The molecule has 0 unspecified atom stereocenters. The van der Waals surface area contributed by atoms with Crippen molar-refractivity contribution in [1.29, 1.82) is 0 Å². The SMILES string of the molecule is CCOC(=O)CNS(=O)(=O)c1ccc(F)cc1N. The van der Waals surface area contributed by atoms with E-state index >= 15 is 0 Å². The number of anilines is 1. The van der Waals surface area contributed by atoms with Crippen molar-refractivity contribution < 1.29 is 22.3 Å². The average Bonchev–Trinajstić information content (AvgIpc) is 2.26. The lowest BCUT2D eigenvalue weighted by molar-refractivity contribution is -0.141. The maximum absolute atomic E-state index is 12.8. The van der Waals surface area contributed by atoms with E-state index in [4.69, 9.17) is 5.73 Å². The van der Waals surface area contributed by atoms with E-state index in [0.29, 0.717) is 0 Å². The molecule has 0 amide bonds. The molecule has 0 spiro atoms. The van der Waals surface area contributed by atoms with Crippen molar-refractivity contribution >= 4 is 21.7 Å². The number of ether oxygens (including phenoxy) is 1. The third kappa shape index (κ3) is 3.67. The van der Waals surface area contributed by atoms with Crippen LogP contribution in [0.2, 0.25) is 0 Å². The molecule has 0 atom stereocenters. The van der Waals surface area contributed by atoms with Crippen LogP contribution in [0.1, 0.15) is 6.92 Å². The van der Waals surface area contributed by atoms with E-state index in [2.05, 4.69) is 4.74 Å². The lowest BCUT2D eigenvalue weighted by atomic mass is 10.3. The Morgan fingerprint density at radius 1 is 1.50 bits per heavy atom. The number of carbonyl (C=O) groups excluding carboxylic acids is 1. The first-order valence-corrected chi connectivity index (χ1v) is 6.55. The molecule has 3 N–H and O–H groups in total. The van der Waals surface area contributed by atoms with Crippen molar-refractivity contribution in [3.05, 3.63) is 24.0 Å². The summed E-state index contributed by atoms with van der Waals surface area (Å²) >= 11 is 0. The number of benzene rings is 1. The number of carbonyl (C=O) groups is 1. The summed E-state index contributed by atoms with van der Waals surface area (Å²) in [7, 11) is -3.96. The van der Waals surface area contributed by atoms with Gasteiger partial charge in [0, 0.05) is 0 Å². The number of halogens is 1. The van der Waals surface area contributed by atoms with Gasteiger partial charge in [0.15, 0.2) is 0 Å². The zero-order valence-electron chi connectivity index (χ0n) is 9.64. The highest BCUT2D eigenvalue weighted by molar-refractivity contribution is 7.89. The number of nitrogen functional groups attached to an aromatic ring is 1. The van der Waals surface area contributed by atoms with Gasteiger partial charge in [-0.2, -0.15) is 4.72 Å². The Kier molecular flexibility index (Phi) is 4.62. The topological polar surface area (TPSA) is 98.5 Å². The van der Waals surface area contributed by atoms with Crippen LogP contribution in [0.15, 0.2) is 23.1 Å². The molecule has 1 aromatic rings. The second-order valence-electron chi connectivity index (χ2n) is 3.31. The lowest BCUT2D eigenvalue weighted by Crippen LogP contribution is -2.31. The predicted octanol–water partition coefficient (Wildman–Crippen LogP) is 0.249. The number of rotatable bonds is 5. The molecule has 0 saturated carbocycles. The summed E-state index contributed by atoms with van der Waals surface area (Å²) in [5.74, 6) is -1.35. The van der Waals surface area contributed by atoms with E-state index in [0.717, 1.165) is 18.2 Å². The fourth-order valence-electron chi connectivity index (χ4n) is 1.21. The van der Waals surface area contributed by atoms with Gasteiger partial charge < -0.3 is 10.5 Å². The van der Waals surface area contributed by atoms with Crippen LogP contribution < -0.4 is 10.5 Å². The fourth-order valence-corrected chi connectivity index (χ4v) is 2.29. The van der Waals surface area contributed by atoms with E-state index in [9.17, 15) is 17.6 Å². The second-order valence-corrected chi connectivity index (χ2v) is 5.05. The number of hydrogen-bond acceptors (Lipinski definition) is 5. The number of sulfonamides is 1. The molecule has 6 nitrogen and oxygen atoms in total. The van der Waals surface area contributed by atoms with Gasteiger partial charge in [-0.15, -0.1) is 0 Å². The molecule has 0 radical (unpaired) electrons. The fraction of sp³-hybridized carbons (Fsp3) is 0.300. The zero-order chi connectivity index (χ0) is 13.8. The quantitative estimate of drug-likeness (QED) is 0.593. The van der Waals surface area contributed by atoms with Gasteiger partial charge in [0.05, 0.1) is 12.3 Å². The predicted molar refractivity (Wildman–Crippen MR) is 62.6 cm³/mol. The number of hydrogen-bond donors (Lipinski definition) is 2. The maximum Gasteiger partial charge on any atom is 0.321 e. The Hall–Kier alpha value is -1.67. The van der Waals surface area contributed by atoms with E-state index in [1.165, 1.54) is 0 Å². The normalized spacial score (nSPS) is 11.2. The molecule has 0 fully saturated rings. The Morgan fingerprint density at radius 2 is 2.17 bits per heavy atom. The lowest BCUT2D eigenvalue weighted by Gasteiger charge is -2.08. The van der Waals surface area contributed by atoms with Crippen LogP contribution in [0.3, 0.4) is 0 Å². The first kappa shape index (κ1) is 14.4. The summed E-state index contributed by atoms with van der Waals surface area (Å²) in [6.45, 7) is 1.25. The average molecular weight is 276 g/mol. The maximum atomic E-state index is 12.8. The molecule has 8 heteroatoms. The molecular formula is C10H13FN2O4S. The molecule has 0 bridgehead atoms. The number of esters is 1. The van der Waals surface area contributed by atoms with Gasteiger partial charge in [0.25, 0.3) is 0 Å². The minimum Gasteiger partial charge on any atom is -0.465 e. The van der Waals surface area contributed by atoms with Crippen LogP contribution in [0.5, 0.6) is 0 Å². The molecule has 18 heavy (non-hydrogen) atoms. The van der Waals surface area contributed by atoms with Gasteiger partial charge in [-0.25, -0.2) is 12.8 Å². The smallest absolute Gasteiger partial charge is 0.321 e. The molecule has 0 aromatic heterocycles. The monoisotopic (exact) mass is 276 g/mol. The van der Waals surface area contributed by atoms with Crippen LogP contribution in [-0.2, 0) is 19.6 Å². The minimum atomic E-state index is -3.96. The summed E-state index contributed by atoms with van der Waals surface area (Å²) < 4.78 is 42.9. The molecule has 1 rings (SSSR count). The Bertz CT molecular complexity index is 545. The molecular weight excluding hydrogens is 263 g/mol. The number of nitrogens with two attached hydrogens (primary N) is 1. The third-order valence-corrected chi connectivity index (χ3v) is 3.45. The van der Waals surface area contributed by atoms with Crippen LogP contribution in [-0.4, -0.2) is 27.5 Å². The summed E-state index contributed by atoms with van der Waals surface area (Å²) in [4.78, 5) is 10.7. The molecule has 1 aromatic carbocycles. The van der Waals surface area contributed by atoms with Crippen molar-refractivity contribution in [3.63, 3.8) is 0 Å². The van der Waals surface area contributed by atoms with Gasteiger partial charge in [-0.1, -0.05) is 0 Å². The molecule has 0 saturated heterocycles. The van der Waals surface area contributed by atoms with Crippen LogP contribution >= 0.6 is 0 Å². The summed E-state index contributed by atoms with van der Waals surface area (Å²) in [6.07, 6.45) is 0. The molecule has 0 aliphatic heterocycles. The van der Waals surface area contributed by atoms with Gasteiger partial charge in [-0.3, -0.25) is 4.79 Å². The summed E-state index contributed by atoms with van der Waals surface area (Å²) in [5, 5.41) is 0. The molecule has 0 aliphatic rings. The second kappa shape index (κ2) is 5.78. The Balaban J connectivity index is 2.83. The van der Waals surface area contributed by atoms with E-state index < -0.39 is 28.4 Å². The Labute approximate surface area is 104 Å². The molecule has 100 valence electrons. The van der Waals surface area contributed by atoms with Crippen molar-refractivity contribution in [2.45, 2.75) is 11.8 Å². The van der Waals surface area contributed by atoms with E-state index in [1.807, 2.05) is 4.72 Å². The van der Waals surface area contributed by atoms with Gasteiger partial charge >= 0.3 is 5.97 Å². The van der Waals surface area contributed by atoms with Crippen LogP contribution in [0.25, 0.3) is 0 Å².